The lowest BCUT2D eigenvalue weighted by atomic mass is 10.2. The second-order valence-corrected chi connectivity index (χ2v) is 5.96. The van der Waals surface area contributed by atoms with E-state index in [9.17, 15) is 4.79 Å². The maximum Gasteiger partial charge on any atom is 0.252 e. The molecule has 8 heteroatoms. The predicted octanol–water partition coefficient (Wildman–Crippen LogP) is 2.19. The highest BCUT2D eigenvalue weighted by Crippen LogP contribution is 2.31. The third-order valence-corrected chi connectivity index (χ3v) is 3.96. The number of hydrogen-bond acceptors (Lipinski definition) is 4. The number of rotatable bonds is 5. The van der Waals surface area contributed by atoms with Gasteiger partial charge in [0.15, 0.2) is 5.82 Å². The van der Waals surface area contributed by atoms with E-state index in [0.717, 1.165) is 11.4 Å². The SMILES string of the molecule is Cc1cc(C)n(-c2ccc(C(=O)NCC(N)C3CC3)cn2)n1.Cl.Cl. The second kappa shape index (κ2) is 8.46. The molecule has 132 valence electrons. The molecule has 1 amide bonds. The van der Waals surface area contributed by atoms with Gasteiger partial charge >= 0.3 is 0 Å². The molecule has 2 aromatic heterocycles. The molecule has 1 unspecified atom stereocenters. The van der Waals surface area contributed by atoms with Gasteiger partial charge in [0.2, 0.25) is 0 Å². The number of nitrogens with two attached hydrogens (primary N) is 1. The van der Waals surface area contributed by atoms with Crippen LogP contribution in [0, 0.1) is 19.8 Å². The zero-order valence-electron chi connectivity index (χ0n) is 13.7. The monoisotopic (exact) mass is 371 g/mol. The average molecular weight is 372 g/mol. The van der Waals surface area contributed by atoms with E-state index in [2.05, 4.69) is 15.4 Å². The number of nitrogens with one attached hydrogen (secondary N) is 1. The molecule has 0 radical (unpaired) electrons. The van der Waals surface area contributed by atoms with Crippen molar-refractivity contribution >= 4 is 30.7 Å². The minimum absolute atomic E-state index is 0. The van der Waals surface area contributed by atoms with Crippen LogP contribution in [0.5, 0.6) is 0 Å². The van der Waals surface area contributed by atoms with Crippen molar-refractivity contribution in [1.82, 2.24) is 20.1 Å². The predicted molar refractivity (Wildman–Crippen MR) is 98.4 cm³/mol. The molecule has 0 saturated heterocycles. The van der Waals surface area contributed by atoms with Gasteiger partial charge in [-0.25, -0.2) is 9.67 Å². The topological polar surface area (TPSA) is 85.8 Å². The zero-order chi connectivity index (χ0) is 15.7. The van der Waals surface area contributed by atoms with Crippen LogP contribution >= 0.6 is 24.8 Å². The molecule has 2 heterocycles. The summed E-state index contributed by atoms with van der Waals surface area (Å²) in [5.41, 5.74) is 8.47. The Hall–Kier alpha value is -1.63. The van der Waals surface area contributed by atoms with Gasteiger partial charge in [0.05, 0.1) is 11.3 Å². The standard InChI is InChI=1S/C16H21N5O.2ClH/c1-10-7-11(2)21(20-10)15-6-5-13(8-18-15)16(22)19-9-14(17)12-3-4-12;;/h5-8,12,14H,3-4,9,17H2,1-2H3,(H,19,22);2*1H. The van der Waals surface area contributed by atoms with Crippen molar-refractivity contribution in [2.24, 2.45) is 11.7 Å². The van der Waals surface area contributed by atoms with Crippen molar-refractivity contribution < 1.29 is 4.79 Å². The fourth-order valence-corrected chi connectivity index (χ4v) is 2.51. The number of carbonyl (C=O) groups excluding carboxylic acids is 1. The number of carbonyl (C=O) groups is 1. The molecule has 24 heavy (non-hydrogen) atoms. The average Bonchev–Trinajstić information content (AvgIpc) is 3.30. The fraction of sp³-hybridized carbons (Fsp3) is 0.438. The molecular formula is C16H23Cl2N5O. The molecule has 1 saturated carbocycles. The highest BCUT2D eigenvalue weighted by Gasteiger charge is 2.28. The first kappa shape index (κ1) is 20.4. The fourth-order valence-electron chi connectivity index (χ4n) is 2.51. The summed E-state index contributed by atoms with van der Waals surface area (Å²) >= 11 is 0. The Morgan fingerprint density at radius 2 is 2.08 bits per heavy atom. The van der Waals surface area contributed by atoms with E-state index in [1.807, 2.05) is 19.9 Å². The maximum absolute atomic E-state index is 12.1. The molecule has 3 rings (SSSR count). The summed E-state index contributed by atoms with van der Waals surface area (Å²) in [6.45, 7) is 4.43. The summed E-state index contributed by atoms with van der Waals surface area (Å²) in [7, 11) is 0. The smallest absolute Gasteiger partial charge is 0.252 e. The molecule has 0 spiro atoms. The van der Waals surface area contributed by atoms with Crippen LogP contribution < -0.4 is 11.1 Å². The lowest BCUT2D eigenvalue weighted by Gasteiger charge is -2.11. The van der Waals surface area contributed by atoms with E-state index in [1.165, 1.54) is 12.8 Å². The summed E-state index contributed by atoms with van der Waals surface area (Å²) in [5, 5.41) is 7.25. The number of aryl methyl sites for hydroxylation is 2. The quantitative estimate of drug-likeness (QED) is 0.843. The molecule has 0 aromatic carbocycles. The lowest BCUT2D eigenvalue weighted by molar-refractivity contribution is 0.0950. The molecule has 0 bridgehead atoms. The molecule has 6 nitrogen and oxygen atoms in total. The van der Waals surface area contributed by atoms with Gasteiger partial charge in [0.25, 0.3) is 5.91 Å². The molecular weight excluding hydrogens is 349 g/mol. The van der Waals surface area contributed by atoms with Crippen molar-refractivity contribution in [2.75, 3.05) is 6.54 Å². The Kier molecular flexibility index (Phi) is 7.20. The summed E-state index contributed by atoms with van der Waals surface area (Å²) in [6.07, 6.45) is 3.93. The first-order chi connectivity index (χ1) is 10.5. The Labute approximate surface area is 154 Å². The third kappa shape index (κ3) is 4.69. The van der Waals surface area contributed by atoms with Crippen LogP contribution in [0.4, 0.5) is 0 Å². The highest BCUT2D eigenvalue weighted by atomic mass is 35.5. The van der Waals surface area contributed by atoms with Crippen LogP contribution in [0.1, 0.15) is 34.6 Å². The van der Waals surface area contributed by atoms with Crippen LogP contribution in [-0.2, 0) is 0 Å². The molecule has 1 aliphatic rings. The normalized spacial score (nSPS) is 14.3. The Balaban J connectivity index is 0.00000144. The van der Waals surface area contributed by atoms with Crippen molar-refractivity contribution in [2.45, 2.75) is 32.7 Å². The van der Waals surface area contributed by atoms with Crippen LogP contribution in [-0.4, -0.2) is 33.3 Å². The Morgan fingerprint density at radius 3 is 2.58 bits per heavy atom. The van der Waals surface area contributed by atoms with E-state index in [-0.39, 0.29) is 36.8 Å². The van der Waals surface area contributed by atoms with E-state index in [1.54, 1.807) is 23.0 Å². The number of hydrogen-bond donors (Lipinski definition) is 2. The van der Waals surface area contributed by atoms with E-state index in [0.29, 0.717) is 23.8 Å². The van der Waals surface area contributed by atoms with Crippen LogP contribution in [0.3, 0.4) is 0 Å². The first-order valence-corrected chi connectivity index (χ1v) is 7.58. The number of aromatic nitrogens is 3. The number of halogens is 2. The number of amides is 1. The third-order valence-electron chi connectivity index (χ3n) is 3.96. The largest absolute Gasteiger partial charge is 0.350 e. The molecule has 1 atom stereocenters. The molecule has 1 aliphatic carbocycles. The Bertz CT molecular complexity index is 682. The minimum Gasteiger partial charge on any atom is -0.350 e. The number of nitrogens with zero attached hydrogens (tertiary/aromatic N) is 3. The van der Waals surface area contributed by atoms with Crippen molar-refractivity contribution in [1.29, 1.82) is 0 Å². The van der Waals surface area contributed by atoms with Gasteiger partial charge in [-0.05, 0) is 50.8 Å². The molecule has 2 aromatic rings. The lowest BCUT2D eigenvalue weighted by Crippen LogP contribution is -2.38. The highest BCUT2D eigenvalue weighted by molar-refractivity contribution is 5.93. The zero-order valence-corrected chi connectivity index (χ0v) is 15.4. The summed E-state index contributed by atoms with van der Waals surface area (Å²) in [6, 6.07) is 5.61. The van der Waals surface area contributed by atoms with Gasteiger partial charge in [-0.3, -0.25) is 4.79 Å². The van der Waals surface area contributed by atoms with E-state index < -0.39 is 0 Å². The second-order valence-electron chi connectivity index (χ2n) is 5.96. The minimum atomic E-state index is -0.136. The molecule has 0 aliphatic heterocycles. The van der Waals surface area contributed by atoms with Gasteiger partial charge < -0.3 is 11.1 Å². The summed E-state index contributed by atoms with van der Waals surface area (Å²) in [4.78, 5) is 16.4. The van der Waals surface area contributed by atoms with Crippen LogP contribution in [0.15, 0.2) is 24.4 Å². The maximum atomic E-state index is 12.1. The van der Waals surface area contributed by atoms with Gasteiger partial charge in [0.1, 0.15) is 0 Å². The van der Waals surface area contributed by atoms with E-state index >= 15 is 0 Å². The van der Waals surface area contributed by atoms with Gasteiger partial charge in [-0.15, -0.1) is 24.8 Å². The Morgan fingerprint density at radius 1 is 1.38 bits per heavy atom. The molecule has 1 fully saturated rings. The van der Waals surface area contributed by atoms with Crippen LogP contribution in [0.25, 0.3) is 5.82 Å². The van der Waals surface area contributed by atoms with Crippen molar-refractivity contribution in [3.05, 3.63) is 41.3 Å². The molecule has 3 N–H and O–H groups in total. The number of pyridine rings is 1. The van der Waals surface area contributed by atoms with Crippen LogP contribution in [0.2, 0.25) is 0 Å². The van der Waals surface area contributed by atoms with Gasteiger partial charge in [-0.1, -0.05) is 0 Å². The van der Waals surface area contributed by atoms with E-state index in [4.69, 9.17) is 5.73 Å². The van der Waals surface area contributed by atoms with Crippen molar-refractivity contribution in [3.8, 4) is 5.82 Å². The van der Waals surface area contributed by atoms with Gasteiger partial charge in [-0.2, -0.15) is 5.10 Å². The first-order valence-electron chi connectivity index (χ1n) is 7.58. The summed E-state index contributed by atoms with van der Waals surface area (Å²) in [5.74, 6) is 1.15. The summed E-state index contributed by atoms with van der Waals surface area (Å²) < 4.78 is 1.76. The van der Waals surface area contributed by atoms with Gasteiger partial charge in [0, 0.05) is 24.5 Å². The van der Waals surface area contributed by atoms with Crippen molar-refractivity contribution in [3.63, 3.8) is 0 Å².